The highest BCUT2D eigenvalue weighted by atomic mass is 32.1. The van der Waals surface area contributed by atoms with E-state index in [4.69, 9.17) is 22.7 Å². The van der Waals surface area contributed by atoms with Crippen molar-refractivity contribution in [1.82, 2.24) is 9.55 Å². The van der Waals surface area contributed by atoms with Crippen LogP contribution in [0.4, 0.5) is 0 Å². The summed E-state index contributed by atoms with van der Waals surface area (Å²) in [7, 11) is 0. The van der Waals surface area contributed by atoms with Gasteiger partial charge in [0.05, 0.1) is 11.1 Å². The molecule has 2 aromatic rings. The van der Waals surface area contributed by atoms with E-state index in [1.54, 1.807) is 22.8 Å². The highest BCUT2D eigenvalue weighted by molar-refractivity contribution is 7.71. The summed E-state index contributed by atoms with van der Waals surface area (Å²) in [6, 6.07) is 9.96. The van der Waals surface area contributed by atoms with Gasteiger partial charge >= 0.3 is 0 Å². The second-order valence-corrected chi connectivity index (χ2v) is 3.82. The van der Waals surface area contributed by atoms with E-state index < -0.39 is 0 Å². The first-order valence-electron chi connectivity index (χ1n) is 4.92. The number of aromatic nitrogens is 2. The van der Waals surface area contributed by atoms with Crippen LogP contribution < -0.4 is 5.56 Å². The van der Waals surface area contributed by atoms with Crippen LogP contribution in [0.25, 0.3) is 5.69 Å². The molecule has 0 aliphatic rings. The Labute approximate surface area is 107 Å². The van der Waals surface area contributed by atoms with Gasteiger partial charge in [0.25, 0.3) is 5.56 Å². The van der Waals surface area contributed by atoms with Gasteiger partial charge < -0.3 is 0 Å². The second-order valence-electron chi connectivity index (χ2n) is 3.43. The minimum Gasteiger partial charge on any atom is -0.299 e. The molecule has 0 atom stereocenters. The normalized spacial score (nSPS) is 9.44. The number of benzene rings is 1. The van der Waals surface area contributed by atoms with Gasteiger partial charge in [0.2, 0.25) is 0 Å². The summed E-state index contributed by atoms with van der Waals surface area (Å²) in [4.78, 5) is 13.5. The van der Waals surface area contributed by atoms with Gasteiger partial charge in [0, 0.05) is 18.0 Å². The molecule has 0 amide bonds. The number of nitrogens with one attached hydrogen (secondary N) is 1. The topological polar surface area (TPSA) is 85.4 Å². The molecule has 6 heteroatoms. The molecule has 0 bridgehead atoms. The van der Waals surface area contributed by atoms with E-state index in [0.717, 1.165) is 0 Å². The lowest BCUT2D eigenvalue weighted by atomic mass is 10.1. The number of H-pyrrole nitrogens is 1. The van der Waals surface area contributed by atoms with Crippen LogP contribution in [-0.4, -0.2) is 9.55 Å². The first-order valence-corrected chi connectivity index (χ1v) is 5.33. The van der Waals surface area contributed by atoms with Gasteiger partial charge in [-0.15, -0.1) is 0 Å². The van der Waals surface area contributed by atoms with E-state index in [1.807, 2.05) is 12.1 Å². The molecule has 0 spiro atoms. The Hall–Kier alpha value is -2.70. The monoisotopic (exact) mass is 254 g/mol. The fraction of sp³-hybridized carbons (Fsp3) is 0. The summed E-state index contributed by atoms with van der Waals surface area (Å²) in [5, 5.41) is 17.8. The Morgan fingerprint density at radius 3 is 2.50 bits per heavy atom. The average molecular weight is 254 g/mol. The zero-order valence-corrected chi connectivity index (χ0v) is 9.86. The molecule has 0 fully saturated rings. The van der Waals surface area contributed by atoms with Crippen molar-refractivity contribution in [2.24, 2.45) is 0 Å². The smallest absolute Gasteiger partial charge is 0.251 e. The van der Waals surface area contributed by atoms with Crippen LogP contribution in [-0.2, 0) is 0 Å². The number of nitriles is 2. The van der Waals surface area contributed by atoms with Gasteiger partial charge in [-0.3, -0.25) is 14.3 Å². The van der Waals surface area contributed by atoms with E-state index in [2.05, 4.69) is 4.98 Å². The number of hydrogen-bond donors (Lipinski definition) is 1. The summed E-state index contributed by atoms with van der Waals surface area (Å²) in [6.45, 7) is 0. The molecule has 0 aliphatic carbocycles. The van der Waals surface area contributed by atoms with Crippen molar-refractivity contribution in [2.75, 3.05) is 0 Å². The average Bonchev–Trinajstić information content (AvgIpc) is 2.38. The van der Waals surface area contributed by atoms with Gasteiger partial charge in [0.1, 0.15) is 12.1 Å². The van der Waals surface area contributed by atoms with Crippen molar-refractivity contribution >= 4 is 12.2 Å². The van der Waals surface area contributed by atoms with Crippen LogP contribution in [0, 0.1) is 27.4 Å². The number of aromatic amines is 1. The Bertz CT molecular complexity index is 804. The maximum atomic E-state index is 11.1. The largest absolute Gasteiger partial charge is 0.299 e. The summed E-state index contributed by atoms with van der Waals surface area (Å²) in [5.41, 5.74) is 0.900. The van der Waals surface area contributed by atoms with Gasteiger partial charge in [0.15, 0.2) is 4.77 Å². The highest BCUT2D eigenvalue weighted by Gasteiger charge is 2.04. The Balaban J connectivity index is 2.67. The molecule has 1 heterocycles. The fourth-order valence-electron chi connectivity index (χ4n) is 1.49. The Morgan fingerprint density at radius 1 is 1.17 bits per heavy atom. The number of rotatable bonds is 1. The molecule has 0 aliphatic heterocycles. The molecular weight excluding hydrogens is 248 g/mol. The third-order valence-electron chi connectivity index (χ3n) is 2.35. The van der Waals surface area contributed by atoms with Gasteiger partial charge in [-0.25, -0.2) is 0 Å². The standard InChI is InChI=1S/C12H6N4OS/c13-6-8-1-2-10(5-9(8)7-14)16-4-3-11(17)15-12(16)18/h1-5H,(H,15,17,18). The van der Waals surface area contributed by atoms with Crippen LogP contribution in [0.1, 0.15) is 11.1 Å². The van der Waals surface area contributed by atoms with Crippen LogP contribution >= 0.6 is 12.2 Å². The minimum absolute atomic E-state index is 0.232. The zero-order chi connectivity index (χ0) is 13.1. The molecular formula is C12H6N4OS. The van der Waals surface area contributed by atoms with E-state index in [0.29, 0.717) is 11.3 Å². The van der Waals surface area contributed by atoms with Crippen LogP contribution in [0.15, 0.2) is 35.3 Å². The minimum atomic E-state index is -0.287. The van der Waals surface area contributed by atoms with E-state index in [1.165, 1.54) is 12.3 Å². The zero-order valence-electron chi connectivity index (χ0n) is 9.04. The Morgan fingerprint density at radius 2 is 1.89 bits per heavy atom. The number of nitrogens with zero attached hydrogens (tertiary/aromatic N) is 3. The number of hydrogen-bond acceptors (Lipinski definition) is 4. The van der Waals surface area contributed by atoms with Crippen molar-refractivity contribution < 1.29 is 0 Å². The second kappa shape index (κ2) is 4.66. The van der Waals surface area contributed by atoms with Gasteiger partial charge in [-0.2, -0.15) is 10.5 Å². The van der Waals surface area contributed by atoms with Crippen molar-refractivity contribution in [3.8, 4) is 17.8 Å². The molecule has 0 unspecified atom stereocenters. The lowest BCUT2D eigenvalue weighted by Gasteiger charge is -2.06. The lowest BCUT2D eigenvalue weighted by molar-refractivity contribution is 0.936. The maximum absolute atomic E-state index is 11.1. The lowest BCUT2D eigenvalue weighted by Crippen LogP contribution is -2.10. The predicted molar refractivity (Wildman–Crippen MR) is 66.7 cm³/mol. The van der Waals surface area contributed by atoms with Gasteiger partial charge in [-0.05, 0) is 30.4 Å². The molecule has 2 rings (SSSR count). The predicted octanol–water partition coefficient (Wildman–Crippen LogP) is 1.64. The van der Waals surface area contributed by atoms with Crippen LogP contribution in [0.3, 0.4) is 0 Å². The molecule has 1 N–H and O–H groups in total. The third kappa shape index (κ3) is 2.05. The molecule has 0 saturated heterocycles. The molecule has 1 aromatic carbocycles. The van der Waals surface area contributed by atoms with Crippen LogP contribution in [0.5, 0.6) is 0 Å². The van der Waals surface area contributed by atoms with Crippen molar-refractivity contribution in [2.45, 2.75) is 0 Å². The van der Waals surface area contributed by atoms with E-state index >= 15 is 0 Å². The van der Waals surface area contributed by atoms with Crippen molar-refractivity contribution in [3.05, 3.63) is 56.7 Å². The summed E-state index contributed by atoms with van der Waals surface area (Å²) < 4.78 is 1.79. The first kappa shape index (κ1) is 11.8. The van der Waals surface area contributed by atoms with Crippen molar-refractivity contribution in [1.29, 1.82) is 10.5 Å². The van der Waals surface area contributed by atoms with Crippen molar-refractivity contribution in [3.63, 3.8) is 0 Å². The molecule has 1 aromatic heterocycles. The van der Waals surface area contributed by atoms with Crippen LogP contribution in [0.2, 0.25) is 0 Å². The third-order valence-corrected chi connectivity index (χ3v) is 2.64. The molecule has 0 radical (unpaired) electrons. The SMILES string of the molecule is N#Cc1ccc(-n2ccc(=O)[nH]c2=S)cc1C#N. The molecule has 86 valence electrons. The maximum Gasteiger partial charge on any atom is 0.251 e. The molecule has 0 saturated carbocycles. The quantitative estimate of drug-likeness (QED) is 0.784. The van der Waals surface area contributed by atoms with E-state index in [9.17, 15) is 4.79 Å². The fourth-order valence-corrected chi connectivity index (χ4v) is 1.76. The molecule has 18 heavy (non-hydrogen) atoms. The Kier molecular flexibility index (Phi) is 3.05. The summed E-state index contributed by atoms with van der Waals surface area (Å²) in [6.07, 6.45) is 1.52. The first-order chi connectivity index (χ1) is 8.65. The molecule has 5 nitrogen and oxygen atoms in total. The van der Waals surface area contributed by atoms with Gasteiger partial charge in [-0.1, -0.05) is 0 Å². The summed E-state index contributed by atoms with van der Waals surface area (Å²) in [5.74, 6) is 0. The van der Waals surface area contributed by atoms with E-state index in [-0.39, 0.29) is 15.9 Å². The highest BCUT2D eigenvalue weighted by Crippen LogP contribution is 2.13. The summed E-state index contributed by atoms with van der Waals surface area (Å²) >= 11 is 5.02.